The third-order valence-electron chi connectivity index (χ3n) is 7.86. The molecule has 7 nitrogen and oxygen atoms in total. The molecule has 2 bridgehead atoms. The van der Waals surface area contributed by atoms with Crippen LogP contribution in [0.2, 0.25) is 5.02 Å². The number of carbonyl (C=O) groups excluding carboxylic acids is 1. The predicted octanol–water partition coefficient (Wildman–Crippen LogP) is 3.94. The molecule has 2 fully saturated rings. The largest absolute Gasteiger partial charge is 0.390 e. The molecule has 0 aliphatic heterocycles. The number of sulfone groups is 1. The predicted molar refractivity (Wildman–Crippen MR) is 134 cm³/mol. The highest BCUT2D eigenvalue weighted by Gasteiger charge is 2.60. The van der Waals surface area contributed by atoms with E-state index in [0.29, 0.717) is 12.8 Å². The molecule has 4 atom stereocenters. The molecule has 1 amide bonds. The number of rotatable bonds is 7. The quantitative estimate of drug-likeness (QED) is 0.409. The Balaban J connectivity index is 1.58. The number of nitrogens with one attached hydrogen (secondary N) is 1. The molecule has 2 saturated carbocycles. The maximum absolute atomic E-state index is 13.7. The molecular formula is C26H30ClF2NO6S. The van der Waals surface area contributed by atoms with Gasteiger partial charge in [0.05, 0.1) is 26.9 Å². The van der Waals surface area contributed by atoms with E-state index in [4.69, 9.17) is 11.6 Å². The van der Waals surface area contributed by atoms with Gasteiger partial charge in [-0.3, -0.25) is 4.79 Å². The molecule has 0 spiro atoms. The van der Waals surface area contributed by atoms with Crippen LogP contribution < -0.4 is 5.32 Å². The first kappa shape index (κ1) is 27.9. The molecule has 2 aromatic carbocycles. The molecule has 0 saturated heterocycles. The molecule has 4 N–H and O–H groups in total. The standard InChI is InChI=1S/C26H30ClF2NO6S/c1-13(2)23(31)24(32)26(34)15-4-5-16(26)11-18(10-15)37(35,36)22-9-14(3-7-19(22)27)25(33)30-17-6-8-20(28)21(29)12-17/h3,6-9,12-13,15-16,18,23-24,31-32,34H,4-5,10-11H2,1-2H3,(H,30,33)/t15?,16?,18?,23-,24+,26?/m0/s1. The maximum Gasteiger partial charge on any atom is 0.255 e. The van der Waals surface area contributed by atoms with Gasteiger partial charge in [-0.1, -0.05) is 25.4 Å². The highest BCUT2D eigenvalue weighted by molar-refractivity contribution is 7.92. The average molecular weight is 558 g/mol. The molecule has 2 aliphatic carbocycles. The summed E-state index contributed by atoms with van der Waals surface area (Å²) in [6.45, 7) is 3.46. The van der Waals surface area contributed by atoms with Crippen LogP contribution in [0.15, 0.2) is 41.3 Å². The second-order valence-corrected chi connectivity index (χ2v) is 13.0. The van der Waals surface area contributed by atoms with Crippen LogP contribution in [0.4, 0.5) is 14.5 Å². The zero-order valence-corrected chi connectivity index (χ0v) is 21.9. The van der Waals surface area contributed by atoms with Crippen LogP contribution in [0, 0.1) is 29.4 Å². The first-order valence-electron chi connectivity index (χ1n) is 12.1. The summed E-state index contributed by atoms with van der Waals surface area (Å²) in [6.07, 6.45) is -1.39. The molecule has 2 unspecified atom stereocenters. The molecule has 0 radical (unpaired) electrons. The van der Waals surface area contributed by atoms with E-state index in [0.717, 1.165) is 18.2 Å². The Morgan fingerprint density at radius 2 is 1.68 bits per heavy atom. The van der Waals surface area contributed by atoms with Gasteiger partial charge < -0.3 is 20.6 Å². The van der Waals surface area contributed by atoms with Gasteiger partial charge >= 0.3 is 0 Å². The lowest BCUT2D eigenvalue weighted by Gasteiger charge is -2.47. The normalized spacial score (nSPS) is 27.2. The molecule has 4 rings (SSSR count). The Morgan fingerprint density at radius 1 is 1.05 bits per heavy atom. The number of hydrogen-bond donors (Lipinski definition) is 4. The number of hydrogen-bond acceptors (Lipinski definition) is 6. The number of amides is 1. The molecule has 37 heavy (non-hydrogen) atoms. The van der Waals surface area contributed by atoms with Crippen LogP contribution in [-0.4, -0.2) is 52.7 Å². The minimum atomic E-state index is -4.05. The van der Waals surface area contributed by atoms with Crippen LogP contribution in [-0.2, 0) is 9.84 Å². The second-order valence-electron chi connectivity index (χ2n) is 10.4. The van der Waals surface area contributed by atoms with Crippen molar-refractivity contribution in [1.82, 2.24) is 0 Å². The van der Waals surface area contributed by atoms with Gasteiger partial charge in [0.2, 0.25) is 0 Å². The van der Waals surface area contributed by atoms with Gasteiger partial charge in [-0.05, 0) is 73.8 Å². The van der Waals surface area contributed by atoms with E-state index < -0.39 is 62.3 Å². The fraction of sp³-hybridized carbons (Fsp3) is 0.500. The number of anilines is 1. The van der Waals surface area contributed by atoms with Crippen molar-refractivity contribution < 1.29 is 37.3 Å². The van der Waals surface area contributed by atoms with Crippen LogP contribution in [0.5, 0.6) is 0 Å². The van der Waals surface area contributed by atoms with Crippen LogP contribution in [0.1, 0.15) is 49.9 Å². The summed E-state index contributed by atoms with van der Waals surface area (Å²) in [5.41, 5.74) is -1.64. The Morgan fingerprint density at radius 3 is 2.24 bits per heavy atom. The van der Waals surface area contributed by atoms with Crippen LogP contribution >= 0.6 is 11.6 Å². The minimum absolute atomic E-state index is 0.00598. The molecule has 0 aromatic heterocycles. The van der Waals surface area contributed by atoms with E-state index in [1.807, 2.05) is 0 Å². The number of aliphatic hydroxyl groups excluding tert-OH is 2. The lowest BCUT2D eigenvalue weighted by Crippen LogP contribution is -2.60. The number of fused-ring (bicyclic) bond motifs is 2. The van der Waals surface area contributed by atoms with Gasteiger partial charge in [0.25, 0.3) is 5.91 Å². The summed E-state index contributed by atoms with van der Waals surface area (Å²) in [4.78, 5) is 12.5. The average Bonchev–Trinajstić information content (AvgIpc) is 3.01. The van der Waals surface area contributed by atoms with Gasteiger partial charge in [-0.25, -0.2) is 17.2 Å². The van der Waals surface area contributed by atoms with Gasteiger partial charge in [-0.2, -0.15) is 0 Å². The van der Waals surface area contributed by atoms with Crippen molar-refractivity contribution >= 4 is 33.0 Å². The van der Waals surface area contributed by atoms with Gasteiger partial charge in [0, 0.05) is 17.3 Å². The topological polar surface area (TPSA) is 124 Å². The highest BCUT2D eigenvalue weighted by Crippen LogP contribution is 2.54. The van der Waals surface area contributed by atoms with Crippen LogP contribution in [0.3, 0.4) is 0 Å². The zero-order chi connectivity index (χ0) is 27.3. The third-order valence-corrected chi connectivity index (χ3v) is 10.5. The van der Waals surface area contributed by atoms with E-state index in [2.05, 4.69) is 5.32 Å². The van der Waals surface area contributed by atoms with Crippen LogP contribution in [0.25, 0.3) is 0 Å². The van der Waals surface area contributed by atoms with E-state index in [1.54, 1.807) is 13.8 Å². The molecule has 0 heterocycles. The zero-order valence-electron chi connectivity index (χ0n) is 20.4. The lowest BCUT2D eigenvalue weighted by molar-refractivity contribution is -0.183. The van der Waals surface area contributed by atoms with E-state index in [1.165, 1.54) is 18.2 Å². The van der Waals surface area contributed by atoms with E-state index >= 15 is 0 Å². The van der Waals surface area contributed by atoms with Crippen molar-refractivity contribution in [3.05, 3.63) is 58.6 Å². The van der Waals surface area contributed by atoms with Gasteiger partial charge in [0.15, 0.2) is 21.5 Å². The summed E-state index contributed by atoms with van der Waals surface area (Å²) >= 11 is 6.25. The number of halogens is 3. The molecule has 11 heteroatoms. The Labute approximate surface area is 219 Å². The van der Waals surface area contributed by atoms with Crippen molar-refractivity contribution in [2.45, 2.75) is 67.5 Å². The van der Waals surface area contributed by atoms with Crippen molar-refractivity contribution in [3.8, 4) is 0 Å². The lowest BCUT2D eigenvalue weighted by atomic mass is 9.69. The highest BCUT2D eigenvalue weighted by atomic mass is 35.5. The summed E-state index contributed by atoms with van der Waals surface area (Å²) < 4.78 is 54.0. The summed E-state index contributed by atoms with van der Waals surface area (Å²) in [6, 6.07) is 6.60. The van der Waals surface area contributed by atoms with Crippen molar-refractivity contribution in [2.75, 3.05) is 5.32 Å². The maximum atomic E-state index is 13.7. The molecule has 2 aliphatic rings. The van der Waals surface area contributed by atoms with Crippen molar-refractivity contribution in [1.29, 1.82) is 0 Å². The minimum Gasteiger partial charge on any atom is -0.390 e. The fourth-order valence-electron chi connectivity index (χ4n) is 5.74. The fourth-order valence-corrected chi connectivity index (χ4v) is 8.14. The third kappa shape index (κ3) is 5.02. The first-order chi connectivity index (χ1) is 17.3. The van der Waals surface area contributed by atoms with Crippen molar-refractivity contribution in [2.24, 2.45) is 17.8 Å². The monoisotopic (exact) mass is 557 g/mol. The number of aliphatic hydroxyl groups is 3. The smallest absolute Gasteiger partial charge is 0.255 e. The summed E-state index contributed by atoms with van der Waals surface area (Å²) in [5, 5.41) is 34.1. The Hall–Kier alpha value is -2.11. The van der Waals surface area contributed by atoms with Gasteiger partial charge in [0.1, 0.15) is 6.10 Å². The summed E-state index contributed by atoms with van der Waals surface area (Å²) in [7, 11) is -4.05. The Bertz CT molecular complexity index is 1290. The first-order valence-corrected chi connectivity index (χ1v) is 14.1. The van der Waals surface area contributed by atoms with Crippen molar-refractivity contribution in [3.63, 3.8) is 0 Å². The molecular weight excluding hydrogens is 528 g/mol. The van der Waals surface area contributed by atoms with E-state index in [-0.39, 0.29) is 39.9 Å². The van der Waals surface area contributed by atoms with Gasteiger partial charge in [-0.15, -0.1) is 0 Å². The summed E-state index contributed by atoms with van der Waals surface area (Å²) in [5.74, 6) is -4.31. The molecule has 202 valence electrons. The van der Waals surface area contributed by atoms with E-state index in [9.17, 15) is 37.3 Å². The number of carbonyl (C=O) groups is 1. The Kier molecular flexibility index (Phi) is 7.71. The molecule has 2 aromatic rings. The second kappa shape index (κ2) is 10.2. The number of benzene rings is 2. The SMILES string of the molecule is CC(C)[C@H](O)[C@@H](O)C1(O)C2CCC1CC(S(=O)(=O)c1cc(C(=O)Nc3ccc(F)c(F)c3)ccc1Cl)C2.